The minimum absolute atomic E-state index is 0.0569. The van der Waals surface area contributed by atoms with Crippen LogP contribution in [0.5, 0.6) is 0 Å². The van der Waals surface area contributed by atoms with Crippen molar-refractivity contribution in [1.29, 1.82) is 0 Å². The van der Waals surface area contributed by atoms with Gasteiger partial charge in [-0.1, -0.05) is 12.2 Å². The van der Waals surface area contributed by atoms with Gasteiger partial charge in [-0.3, -0.25) is 9.48 Å². The minimum Gasteiger partial charge on any atom is -0.389 e. The number of carbonyl (C=O) groups is 1. The average Bonchev–Trinajstić information content (AvgIpc) is 2.90. The van der Waals surface area contributed by atoms with E-state index >= 15 is 0 Å². The van der Waals surface area contributed by atoms with Crippen LogP contribution in [0.25, 0.3) is 0 Å². The number of aryl methyl sites for hydroxylation is 1. The van der Waals surface area contributed by atoms with Gasteiger partial charge in [0.2, 0.25) is 5.91 Å². The fraction of sp³-hybridized carbons (Fsp3) is 0.154. The third kappa shape index (κ3) is 3.89. The number of carbonyl (C=O) groups excluding carboxylic acids is 1. The molecule has 1 heterocycles. The molecule has 3 N–H and O–H groups in total. The zero-order chi connectivity index (χ0) is 13.7. The zero-order valence-electron chi connectivity index (χ0n) is 10.2. The fourth-order valence-electron chi connectivity index (χ4n) is 1.59. The predicted octanol–water partition coefficient (Wildman–Crippen LogP) is 1.55. The van der Waals surface area contributed by atoms with Crippen molar-refractivity contribution in [2.45, 2.75) is 13.0 Å². The molecule has 5 nitrogen and oxygen atoms in total. The standard InChI is InChI=1S/C13H14N4OS/c14-13(19)10-2-4-11(5-3-10)16-12(18)6-9-17-8-1-7-15-17/h1-5,7-8H,6,9H2,(H2,14,19)(H,16,18). The van der Waals surface area contributed by atoms with E-state index in [2.05, 4.69) is 10.4 Å². The van der Waals surface area contributed by atoms with E-state index in [-0.39, 0.29) is 5.91 Å². The van der Waals surface area contributed by atoms with E-state index in [1.807, 2.05) is 12.3 Å². The Kier molecular flexibility index (Phi) is 4.25. The molecule has 0 spiro atoms. The molecule has 98 valence electrons. The van der Waals surface area contributed by atoms with E-state index in [0.717, 1.165) is 11.3 Å². The first-order valence-corrected chi connectivity index (χ1v) is 6.23. The quantitative estimate of drug-likeness (QED) is 0.811. The lowest BCUT2D eigenvalue weighted by molar-refractivity contribution is -0.116. The number of nitrogens with one attached hydrogen (secondary N) is 1. The third-order valence-corrected chi connectivity index (χ3v) is 2.82. The molecule has 19 heavy (non-hydrogen) atoms. The summed E-state index contributed by atoms with van der Waals surface area (Å²) in [6.45, 7) is 0.559. The van der Waals surface area contributed by atoms with Crippen LogP contribution in [-0.2, 0) is 11.3 Å². The van der Waals surface area contributed by atoms with E-state index in [1.165, 1.54) is 0 Å². The maximum atomic E-state index is 11.7. The molecule has 0 atom stereocenters. The molecule has 0 aliphatic heterocycles. The first-order chi connectivity index (χ1) is 9.15. The Morgan fingerprint density at radius 1 is 1.37 bits per heavy atom. The number of rotatable bonds is 5. The number of nitrogens with zero attached hydrogens (tertiary/aromatic N) is 2. The molecule has 0 bridgehead atoms. The average molecular weight is 274 g/mol. The van der Waals surface area contributed by atoms with Crippen molar-refractivity contribution in [1.82, 2.24) is 9.78 Å². The van der Waals surface area contributed by atoms with E-state index < -0.39 is 0 Å². The molecule has 1 aromatic heterocycles. The number of benzene rings is 1. The minimum atomic E-state index is -0.0569. The summed E-state index contributed by atoms with van der Waals surface area (Å²) in [6, 6.07) is 8.95. The fourth-order valence-corrected chi connectivity index (χ4v) is 1.73. The van der Waals surface area contributed by atoms with Crippen LogP contribution in [0.2, 0.25) is 0 Å². The SMILES string of the molecule is NC(=S)c1ccc(NC(=O)CCn2cccn2)cc1. The number of amides is 1. The molecule has 0 fully saturated rings. The maximum Gasteiger partial charge on any atom is 0.226 e. The second-order valence-corrected chi connectivity index (χ2v) is 4.45. The molecule has 0 aliphatic rings. The van der Waals surface area contributed by atoms with Gasteiger partial charge in [-0.2, -0.15) is 5.10 Å². The van der Waals surface area contributed by atoms with Crippen molar-refractivity contribution < 1.29 is 4.79 Å². The molecule has 0 saturated carbocycles. The van der Waals surface area contributed by atoms with Crippen LogP contribution in [0.15, 0.2) is 42.7 Å². The monoisotopic (exact) mass is 274 g/mol. The normalized spacial score (nSPS) is 10.1. The summed E-state index contributed by atoms with van der Waals surface area (Å²) >= 11 is 4.86. The van der Waals surface area contributed by atoms with Crippen molar-refractivity contribution in [2.75, 3.05) is 5.32 Å². The molecular weight excluding hydrogens is 260 g/mol. The van der Waals surface area contributed by atoms with Crippen LogP contribution in [0.1, 0.15) is 12.0 Å². The number of hydrogen-bond donors (Lipinski definition) is 2. The second kappa shape index (κ2) is 6.10. The van der Waals surface area contributed by atoms with Gasteiger partial charge >= 0.3 is 0 Å². The van der Waals surface area contributed by atoms with E-state index in [0.29, 0.717) is 18.0 Å². The van der Waals surface area contributed by atoms with Gasteiger partial charge in [0.1, 0.15) is 4.99 Å². The summed E-state index contributed by atoms with van der Waals surface area (Å²) in [6.07, 6.45) is 3.88. The highest BCUT2D eigenvalue weighted by Gasteiger charge is 2.03. The molecule has 0 radical (unpaired) electrons. The van der Waals surface area contributed by atoms with Gasteiger partial charge in [0.25, 0.3) is 0 Å². The van der Waals surface area contributed by atoms with Crippen LogP contribution in [0, 0.1) is 0 Å². The number of nitrogens with two attached hydrogens (primary N) is 1. The Hall–Kier alpha value is -2.21. The number of aromatic nitrogens is 2. The lowest BCUT2D eigenvalue weighted by Gasteiger charge is -2.06. The zero-order valence-corrected chi connectivity index (χ0v) is 11.1. The largest absolute Gasteiger partial charge is 0.389 e. The molecule has 2 aromatic rings. The lowest BCUT2D eigenvalue weighted by Crippen LogP contribution is -2.15. The number of hydrogen-bond acceptors (Lipinski definition) is 3. The highest BCUT2D eigenvalue weighted by atomic mass is 32.1. The summed E-state index contributed by atoms with van der Waals surface area (Å²) < 4.78 is 1.72. The van der Waals surface area contributed by atoms with Crippen LogP contribution in [0.4, 0.5) is 5.69 Å². The van der Waals surface area contributed by atoms with Gasteiger partial charge < -0.3 is 11.1 Å². The van der Waals surface area contributed by atoms with Crippen molar-refractivity contribution in [3.63, 3.8) is 0 Å². The van der Waals surface area contributed by atoms with E-state index in [4.69, 9.17) is 18.0 Å². The second-order valence-electron chi connectivity index (χ2n) is 4.01. The van der Waals surface area contributed by atoms with Crippen LogP contribution < -0.4 is 11.1 Å². The summed E-state index contributed by atoms with van der Waals surface area (Å²) in [7, 11) is 0. The molecule has 6 heteroatoms. The lowest BCUT2D eigenvalue weighted by atomic mass is 10.2. The molecule has 0 aliphatic carbocycles. The molecule has 1 aromatic carbocycles. The van der Waals surface area contributed by atoms with Gasteiger partial charge in [0, 0.05) is 36.6 Å². The van der Waals surface area contributed by atoms with Gasteiger partial charge in [0.05, 0.1) is 0 Å². The first kappa shape index (κ1) is 13.2. The smallest absolute Gasteiger partial charge is 0.226 e. The highest BCUT2D eigenvalue weighted by Crippen LogP contribution is 2.10. The Balaban J connectivity index is 1.86. The van der Waals surface area contributed by atoms with Crippen molar-refractivity contribution in [3.8, 4) is 0 Å². The molecular formula is C13H14N4OS. The van der Waals surface area contributed by atoms with Gasteiger partial charge in [-0.25, -0.2) is 0 Å². The van der Waals surface area contributed by atoms with Gasteiger partial charge in [0.15, 0.2) is 0 Å². The predicted molar refractivity (Wildman–Crippen MR) is 77.8 cm³/mol. The van der Waals surface area contributed by atoms with E-state index in [1.54, 1.807) is 35.1 Å². The van der Waals surface area contributed by atoms with E-state index in [9.17, 15) is 4.79 Å². The molecule has 2 rings (SSSR count). The van der Waals surface area contributed by atoms with Crippen molar-refractivity contribution in [3.05, 3.63) is 48.3 Å². The topological polar surface area (TPSA) is 72.9 Å². The highest BCUT2D eigenvalue weighted by molar-refractivity contribution is 7.80. The van der Waals surface area contributed by atoms with Crippen molar-refractivity contribution >= 4 is 28.8 Å². The van der Waals surface area contributed by atoms with Crippen molar-refractivity contribution in [2.24, 2.45) is 5.73 Å². The Labute approximate surface area is 116 Å². The molecule has 1 amide bonds. The summed E-state index contributed by atoms with van der Waals surface area (Å²) in [5, 5.41) is 6.84. The maximum absolute atomic E-state index is 11.7. The summed E-state index contributed by atoms with van der Waals surface area (Å²) in [5.74, 6) is -0.0569. The Morgan fingerprint density at radius 3 is 2.68 bits per heavy atom. The Bertz CT molecular complexity index is 563. The van der Waals surface area contributed by atoms with Gasteiger partial charge in [-0.05, 0) is 30.3 Å². The van der Waals surface area contributed by atoms with Crippen LogP contribution in [0.3, 0.4) is 0 Å². The Morgan fingerprint density at radius 2 is 2.11 bits per heavy atom. The first-order valence-electron chi connectivity index (χ1n) is 5.82. The van der Waals surface area contributed by atoms with Crippen LogP contribution >= 0.6 is 12.2 Å². The number of thiocarbonyl (C=S) groups is 1. The summed E-state index contributed by atoms with van der Waals surface area (Å²) in [4.78, 5) is 12.1. The summed E-state index contributed by atoms with van der Waals surface area (Å²) in [5.41, 5.74) is 7.01. The molecule has 0 unspecified atom stereocenters. The van der Waals surface area contributed by atoms with Crippen LogP contribution in [-0.4, -0.2) is 20.7 Å². The molecule has 0 saturated heterocycles. The number of anilines is 1. The third-order valence-electron chi connectivity index (χ3n) is 2.58. The van der Waals surface area contributed by atoms with Gasteiger partial charge in [-0.15, -0.1) is 0 Å².